The zero-order valence-corrected chi connectivity index (χ0v) is 13.8. The van der Waals surface area contributed by atoms with E-state index in [1.54, 1.807) is 0 Å². The molecule has 0 amide bonds. The Balaban J connectivity index is 1.53. The Morgan fingerprint density at radius 2 is 2.05 bits per heavy atom. The highest BCUT2D eigenvalue weighted by atomic mass is 16.5. The molecule has 3 rings (SSSR count). The fourth-order valence-electron chi connectivity index (χ4n) is 4.46. The van der Waals surface area contributed by atoms with E-state index >= 15 is 0 Å². The van der Waals surface area contributed by atoms with Crippen molar-refractivity contribution in [3.8, 4) is 0 Å². The van der Waals surface area contributed by atoms with Gasteiger partial charge in [-0.3, -0.25) is 4.90 Å². The van der Waals surface area contributed by atoms with Crippen molar-refractivity contribution in [2.24, 2.45) is 5.41 Å². The number of hydrogen-bond donors (Lipinski definition) is 1. The van der Waals surface area contributed by atoms with Crippen LogP contribution in [0.2, 0.25) is 0 Å². The molecule has 2 atom stereocenters. The van der Waals surface area contributed by atoms with Gasteiger partial charge in [-0.15, -0.1) is 0 Å². The van der Waals surface area contributed by atoms with Crippen LogP contribution in [0.1, 0.15) is 39.0 Å². The van der Waals surface area contributed by atoms with E-state index < -0.39 is 0 Å². The van der Waals surface area contributed by atoms with E-state index in [1.165, 1.54) is 64.8 Å². The molecule has 122 valence electrons. The Labute approximate surface area is 130 Å². The number of nitrogens with zero attached hydrogens (tertiary/aromatic N) is 2. The summed E-state index contributed by atoms with van der Waals surface area (Å²) in [6.07, 6.45) is 6.75. The zero-order chi connectivity index (χ0) is 14.5. The van der Waals surface area contributed by atoms with Gasteiger partial charge in [-0.2, -0.15) is 0 Å². The number of rotatable bonds is 6. The zero-order valence-electron chi connectivity index (χ0n) is 13.8. The van der Waals surface area contributed by atoms with Crippen LogP contribution in [0.3, 0.4) is 0 Å². The first kappa shape index (κ1) is 15.7. The van der Waals surface area contributed by atoms with Crippen molar-refractivity contribution in [1.29, 1.82) is 0 Å². The molecule has 0 saturated carbocycles. The van der Waals surface area contributed by atoms with Crippen LogP contribution in [0.4, 0.5) is 0 Å². The van der Waals surface area contributed by atoms with Crippen LogP contribution in [0.5, 0.6) is 0 Å². The maximum atomic E-state index is 5.84. The highest BCUT2D eigenvalue weighted by Crippen LogP contribution is 2.31. The van der Waals surface area contributed by atoms with Crippen LogP contribution < -0.4 is 5.32 Å². The van der Waals surface area contributed by atoms with Crippen LogP contribution in [-0.4, -0.2) is 74.9 Å². The molecule has 4 heteroatoms. The van der Waals surface area contributed by atoms with Gasteiger partial charge in [0, 0.05) is 37.7 Å². The molecule has 2 unspecified atom stereocenters. The van der Waals surface area contributed by atoms with Gasteiger partial charge in [0.2, 0.25) is 0 Å². The molecular formula is C17H33N3O. The average Bonchev–Trinajstić information content (AvgIpc) is 3.17. The van der Waals surface area contributed by atoms with Gasteiger partial charge >= 0.3 is 0 Å². The topological polar surface area (TPSA) is 27.7 Å². The highest BCUT2D eigenvalue weighted by Gasteiger charge is 2.37. The van der Waals surface area contributed by atoms with E-state index in [9.17, 15) is 0 Å². The first-order chi connectivity index (χ1) is 10.3. The molecule has 0 radical (unpaired) electrons. The molecule has 1 N–H and O–H groups in total. The molecule has 3 aliphatic heterocycles. The summed E-state index contributed by atoms with van der Waals surface area (Å²) in [6.45, 7) is 12.8. The SMILES string of the molecule is CCNCC1(CN2CCC(N3CCCC3)C2)CCCOC1. The summed E-state index contributed by atoms with van der Waals surface area (Å²) in [5.74, 6) is 0. The van der Waals surface area contributed by atoms with Gasteiger partial charge < -0.3 is 15.0 Å². The van der Waals surface area contributed by atoms with Gasteiger partial charge in [0.15, 0.2) is 0 Å². The molecule has 3 heterocycles. The summed E-state index contributed by atoms with van der Waals surface area (Å²) in [6, 6.07) is 0.827. The van der Waals surface area contributed by atoms with Gasteiger partial charge in [0.1, 0.15) is 0 Å². The van der Waals surface area contributed by atoms with Crippen molar-refractivity contribution in [3.05, 3.63) is 0 Å². The lowest BCUT2D eigenvalue weighted by Gasteiger charge is -2.40. The Bertz CT molecular complexity index is 311. The van der Waals surface area contributed by atoms with Crippen molar-refractivity contribution in [3.63, 3.8) is 0 Å². The van der Waals surface area contributed by atoms with Crippen molar-refractivity contribution < 1.29 is 4.74 Å². The Morgan fingerprint density at radius 3 is 2.76 bits per heavy atom. The molecule has 3 fully saturated rings. The van der Waals surface area contributed by atoms with E-state index in [2.05, 4.69) is 22.0 Å². The standard InChI is InChI=1S/C17H33N3O/c1-2-18-13-17(7-5-11-21-15-17)14-19-10-6-16(12-19)20-8-3-4-9-20/h16,18H,2-15H2,1H3. The first-order valence-corrected chi connectivity index (χ1v) is 9.06. The molecule has 0 aromatic rings. The van der Waals surface area contributed by atoms with Gasteiger partial charge in [0.25, 0.3) is 0 Å². The maximum absolute atomic E-state index is 5.84. The molecule has 0 spiro atoms. The summed E-state index contributed by atoms with van der Waals surface area (Å²) >= 11 is 0. The molecular weight excluding hydrogens is 262 g/mol. The molecule has 0 aromatic heterocycles. The van der Waals surface area contributed by atoms with E-state index in [-0.39, 0.29) is 0 Å². The summed E-state index contributed by atoms with van der Waals surface area (Å²) < 4.78 is 5.84. The summed E-state index contributed by atoms with van der Waals surface area (Å²) in [4.78, 5) is 5.45. The molecule has 4 nitrogen and oxygen atoms in total. The second-order valence-corrected chi connectivity index (χ2v) is 7.36. The van der Waals surface area contributed by atoms with E-state index in [0.717, 1.165) is 32.3 Å². The van der Waals surface area contributed by atoms with Crippen LogP contribution >= 0.6 is 0 Å². The van der Waals surface area contributed by atoms with E-state index in [0.29, 0.717) is 5.41 Å². The fourth-order valence-corrected chi connectivity index (χ4v) is 4.46. The van der Waals surface area contributed by atoms with Crippen LogP contribution in [0.25, 0.3) is 0 Å². The van der Waals surface area contributed by atoms with Crippen LogP contribution in [-0.2, 0) is 4.74 Å². The largest absolute Gasteiger partial charge is 0.381 e. The second-order valence-electron chi connectivity index (χ2n) is 7.36. The minimum absolute atomic E-state index is 0.355. The van der Waals surface area contributed by atoms with Gasteiger partial charge in [-0.1, -0.05) is 6.92 Å². The fraction of sp³-hybridized carbons (Fsp3) is 1.00. The summed E-state index contributed by atoms with van der Waals surface area (Å²) in [5.41, 5.74) is 0.355. The number of likely N-dealkylation sites (tertiary alicyclic amines) is 2. The van der Waals surface area contributed by atoms with Gasteiger partial charge in [-0.25, -0.2) is 0 Å². The maximum Gasteiger partial charge on any atom is 0.0546 e. The number of hydrogen-bond acceptors (Lipinski definition) is 4. The lowest BCUT2D eigenvalue weighted by Crippen LogP contribution is -2.49. The first-order valence-electron chi connectivity index (χ1n) is 9.06. The van der Waals surface area contributed by atoms with Gasteiger partial charge in [0.05, 0.1) is 6.61 Å². The quantitative estimate of drug-likeness (QED) is 0.805. The molecule has 0 aliphatic carbocycles. The second kappa shape index (κ2) is 7.40. The normalized spacial score (nSPS) is 35.6. The monoisotopic (exact) mass is 295 g/mol. The number of ether oxygens (including phenoxy) is 1. The predicted molar refractivity (Wildman–Crippen MR) is 86.7 cm³/mol. The number of nitrogens with one attached hydrogen (secondary N) is 1. The highest BCUT2D eigenvalue weighted by molar-refractivity contribution is 4.92. The van der Waals surface area contributed by atoms with Crippen molar-refractivity contribution in [2.75, 3.05) is 59.0 Å². The van der Waals surface area contributed by atoms with Crippen molar-refractivity contribution in [2.45, 2.75) is 45.1 Å². The van der Waals surface area contributed by atoms with E-state index in [1.807, 2.05) is 0 Å². The van der Waals surface area contributed by atoms with Crippen molar-refractivity contribution >= 4 is 0 Å². The summed E-state index contributed by atoms with van der Waals surface area (Å²) in [5, 5.41) is 3.58. The molecule has 3 aliphatic rings. The Kier molecular flexibility index (Phi) is 5.54. The summed E-state index contributed by atoms with van der Waals surface area (Å²) in [7, 11) is 0. The third kappa shape index (κ3) is 3.98. The average molecular weight is 295 g/mol. The third-order valence-corrected chi connectivity index (χ3v) is 5.62. The minimum Gasteiger partial charge on any atom is -0.381 e. The molecule has 0 aromatic carbocycles. The predicted octanol–water partition coefficient (Wildman–Crippen LogP) is 1.56. The smallest absolute Gasteiger partial charge is 0.0546 e. The molecule has 0 bridgehead atoms. The molecule has 21 heavy (non-hydrogen) atoms. The van der Waals surface area contributed by atoms with Crippen LogP contribution in [0, 0.1) is 5.41 Å². The minimum atomic E-state index is 0.355. The van der Waals surface area contributed by atoms with Crippen molar-refractivity contribution in [1.82, 2.24) is 15.1 Å². The Morgan fingerprint density at radius 1 is 1.19 bits per heavy atom. The third-order valence-electron chi connectivity index (χ3n) is 5.62. The van der Waals surface area contributed by atoms with E-state index in [4.69, 9.17) is 4.74 Å². The Hall–Kier alpha value is -0.160. The molecule has 3 saturated heterocycles. The van der Waals surface area contributed by atoms with Crippen LogP contribution in [0.15, 0.2) is 0 Å². The lowest BCUT2D eigenvalue weighted by molar-refractivity contribution is -0.0235. The lowest BCUT2D eigenvalue weighted by atomic mass is 9.81. The van der Waals surface area contributed by atoms with Gasteiger partial charge in [-0.05, 0) is 58.3 Å².